The van der Waals surface area contributed by atoms with Crippen LogP contribution in [0.15, 0.2) is 24.3 Å². The van der Waals surface area contributed by atoms with Gasteiger partial charge in [0.25, 0.3) is 0 Å². The van der Waals surface area contributed by atoms with Crippen molar-refractivity contribution in [3.63, 3.8) is 0 Å². The largest absolute Gasteiger partial charge is 0.368 e. The van der Waals surface area contributed by atoms with Gasteiger partial charge in [-0.2, -0.15) is 0 Å². The van der Waals surface area contributed by atoms with Crippen molar-refractivity contribution in [3.05, 3.63) is 29.8 Å². The van der Waals surface area contributed by atoms with E-state index < -0.39 is 0 Å². The second kappa shape index (κ2) is 6.52. The molecule has 3 rings (SSSR count). The Balaban J connectivity index is 1.62. The number of piperazine rings is 1. The van der Waals surface area contributed by atoms with E-state index in [0.717, 1.165) is 51.9 Å². The molecule has 2 atom stereocenters. The molecule has 0 bridgehead atoms. The molecule has 2 N–H and O–H groups in total. The first kappa shape index (κ1) is 16.3. The lowest BCUT2D eigenvalue weighted by Gasteiger charge is -2.43. The molecule has 1 aromatic carbocycles. The smallest absolute Gasteiger partial charge is 0.227 e. The number of anilines is 1. The predicted octanol–water partition coefficient (Wildman–Crippen LogP) is 2.55. The maximum Gasteiger partial charge on any atom is 0.227 e. The summed E-state index contributed by atoms with van der Waals surface area (Å²) in [6, 6.07) is 8.48. The summed E-state index contributed by atoms with van der Waals surface area (Å²) in [7, 11) is 0. The zero-order valence-corrected chi connectivity index (χ0v) is 14.4. The monoisotopic (exact) mass is 315 g/mol. The molecule has 1 aromatic rings. The van der Waals surface area contributed by atoms with Crippen molar-refractivity contribution < 1.29 is 4.79 Å². The molecule has 126 valence electrons. The SMILES string of the molecule is Cc1ccccc1N1CCN(C(=O)C2CCCCC2(C)N)CC1. The highest BCUT2D eigenvalue weighted by Crippen LogP contribution is 2.33. The van der Waals surface area contributed by atoms with Crippen molar-refractivity contribution in [2.75, 3.05) is 31.1 Å². The van der Waals surface area contributed by atoms with E-state index >= 15 is 0 Å². The van der Waals surface area contributed by atoms with Crippen LogP contribution in [0.5, 0.6) is 0 Å². The molecule has 1 aliphatic carbocycles. The van der Waals surface area contributed by atoms with Gasteiger partial charge < -0.3 is 15.5 Å². The minimum Gasteiger partial charge on any atom is -0.368 e. The first-order valence-corrected chi connectivity index (χ1v) is 8.87. The quantitative estimate of drug-likeness (QED) is 0.912. The molecule has 4 nitrogen and oxygen atoms in total. The standard InChI is InChI=1S/C19H29N3O/c1-15-7-3-4-9-17(15)21-11-13-22(14-12-21)18(23)16-8-5-6-10-19(16,2)20/h3-4,7,9,16H,5-6,8,10-14,20H2,1-2H3. The summed E-state index contributed by atoms with van der Waals surface area (Å²) >= 11 is 0. The number of rotatable bonds is 2. The number of para-hydroxylation sites is 1. The van der Waals surface area contributed by atoms with Crippen LogP contribution in [0.4, 0.5) is 5.69 Å². The molecule has 0 radical (unpaired) electrons. The molecular formula is C19H29N3O. The zero-order chi connectivity index (χ0) is 16.4. The maximum atomic E-state index is 12.9. The minimum atomic E-state index is -0.331. The third-order valence-corrected chi connectivity index (χ3v) is 5.60. The first-order valence-electron chi connectivity index (χ1n) is 8.87. The number of nitrogens with zero attached hydrogens (tertiary/aromatic N) is 2. The van der Waals surface area contributed by atoms with Crippen LogP contribution in [0.2, 0.25) is 0 Å². The number of hydrogen-bond donors (Lipinski definition) is 1. The number of aryl methyl sites for hydroxylation is 1. The Morgan fingerprint density at radius 2 is 1.87 bits per heavy atom. The van der Waals surface area contributed by atoms with Gasteiger partial charge in [0.15, 0.2) is 0 Å². The van der Waals surface area contributed by atoms with Gasteiger partial charge in [0, 0.05) is 37.4 Å². The summed E-state index contributed by atoms with van der Waals surface area (Å²) in [4.78, 5) is 17.3. The lowest BCUT2D eigenvalue weighted by molar-refractivity contribution is -0.139. The first-order chi connectivity index (χ1) is 11.0. The van der Waals surface area contributed by atoms with E-state index in [1.165, 1.54) is 11.3 Å². The van der Waals surface area contributed by atoms with Gasteiger partial charge in [-0.1, -0.05) is 31.0 Å². The Hall–Kier alpha value is -1.55. The average Bonchev–Trinajstić information content (AvgIpc) is 2.54. The van der Waals surface area contributed by atoms with Crippen molar-refractivity contribution in [2.45, 2.75) is 45.1 Å². The van der Waals surface area contributed by atoms with Crippen LogP contribution in [0.1, 0.15) is 38.2 Å². The third-order valence-electron chi connectivity index (χ3n) is 5.60. The molecule has 1 heterocycles. The fourth-order valence-corrected chi connectivity index (χ4v) is 4.07. The molecule has 2 unspecified atom stereocenters. The van der Waals surface area contributed by atoms with E-state index in [2.05, 4.69) is 43.0 Å². The Morgan fingerprint density at radius 1 is 1.17 bits per heavy atom. The van der Waals surface area contributed by atoms with Crippen LogP contribution < -0.4 is 10.6 Å². The van der Waals surface area contributed by atoms with E-state index in [1.807, 2.05) is 4.90 Å². The van der Waals surface area contributed by atoms with Crippen LogP contribution in [0, 0.1) is 12.8 Å². The summed E-state index contributed by atoms with van der Waals surface area (Å²) in [5.74, 6) is 0.278. The van der Waals surface area contributed by atoms with Crippen molar-refractivity contribution in [2.24, 2.45) is 11.7 Å². The molecule has 0 aromatic heterocycles. The second-order valence-electron chi connectivity index (χ2n) is 7.40. The van der Waals surface area contributed by atoms with Crippen molar-refractivity contribution in [1.82, 2.24) is 4.90 Å². The molecule has 4 heteroatoms. The van der Waals surface area contributed by atoms with Gasteiger partial charge in [-0.15, -0.1) is 0 Å². The number of hydrogen-bond acceptors (Lipinski definition) is 3. The van der Waals surface area contributed by atoms with Gasteiger partial charge in [-0.3, -0.25) is 4.79 Å². The van der Waals surface area contributed by atoms with Crippen molar-refractivity contribution in [3.8, 4) is 0 Å². The topological polar surface area (TPSA) is 49.6 Å². The fourth-order valence-electron chi connectivity index (χ4n) is 4.07. The predicted molar refractivity (Wildman–Crippen MR) is 94.5 cm³/mol. The Morgan fingerprint density at radius 3 is 2.52 bits per heavy atom. The number of benzene rings is 1. The number of nitrogens with two attached hydrogens (primary N) is 1. The number of carbonyl (C=O) groups excluding carboxylic acids is 1. The molecule has 1 amide bonds. The maximum absolute atomic E-state index is 12.9. The highest BCUT2D eigenvalue weighted by Gasteiger charge is 2.40. The van der Waals surface area contributed by atoms with Gasteiger partial charge >= 0.3 is 0 Å². The van der Waals surface area contributed by atoms with Crippen LogP contribution >= 0.6 is 0 Å². The van der Waals surface area contributed by atoms with Crippen molar-refractivity contribution >= 4 is 11.6 Å². The average molecular weight is 315 g/mol. The van der Waals surface area contributed by atoms with E-state index in [4.69, 9.17) is 5.73 Å². The molecular weight excluding hydrogens is 286 g/mol. The molecule has 1 saturated heterocycles. The molecule has 2 aliphatic rings. The minimum absolute atomic E-state index is 0.00117. The summed E-state index contributed by atoms with van der Waals surface area (Å²) < 4.78 is 0. The normalized spacial score (nSPS) is 28.7. The van der Waals surface area contributed by atoms with E-state index in [-0.39, 0.29) is 17.4 Å². The molecule has 1 aliphatic heterocycles. The highest BCUT2D eigenvalue weighted by atomic mass is 16.2. The molecule has 23 heavy (non-hydrogen) atoms. The summed E-state index contributed by atoms with van der Waals surface area (Å²) in [5, 5.41) is 0. The number of amides is 1. The second-order valence-corrected chi connectivity index (χ2v) is 7.40. The van der Waals surface area contributed by atoms with Crippen LogP contribution in [-0.2, 0) is 4.79 Å². The van der Waals surface area contributed by atoms with E-state index in [1.54, 1.807) is 0 Å². The summed E-state index contributed by atoms with van der Waals surface area (Å²) in [5.41, 5.74) is 8.67. The van der Waals surface area contributed by atoms with Gasteiger partial charge in [0.1, 0.15) is 0 Å². The van der Waals surface area contributed by atoms with Gasteiger partial charge in [-0.05, 0) is 38.3 Å². The summed E-state index contributed by atoms with van der Waals surface area (Å²) in [6.07, 6.45) is 4.20. The van der Waals surface area contributed by atoms with Crippen LogP contribution in [-0.4, -0.2) is 42.5 Å². The van der Waals surface area contributed by atoms with Crippen LogP contribution in [0.25, 0.3) is 0 Å². The lowest BCUT2D eigenvalue weighted by Crippen LogP contribution is -2.57. The van der Waals surface area contributed by atoms with Gasteiger partial charge in [0.05, 0.1) is 5.92 Å². The highest BCUT2D eigenvalue weighted by molar-refractivity contribution is 5.80. The third kappa shape index (κ3) is 3.37. The van der Waals surface area contributed by atoms with Crippen LogP contribution in [0.3, 0.4) is 0 Å². The molecule has 1 saturated carbocycles. The zero-order valence-electron chi connectivity index (χ0n) is 14.4. The van der Waals surface area contributed by atoms with Gasteiger partial charge in [0.2, 0.25) is 5.91 Å². The van der Waals surface area contributed by atoms with E-state index in [0.29, 0.717) is 0 Å². The Bertz CT molecular complexity index is 561. The summed E-state index contributed by atoms with van der Waals surface area (Å²) in [6.45, 7) is 7.63. The molecule has 0 spiro atoms. The Labute approximate surface area is 139 Å². The van der Waals surface area contributed by atoms with E-state index in [9.17, 15) is 4.79 Å². The Kier molecular flexibility index (Phi) is 4.62. The van der Waals surface area contributed by atoms with Crippen molar-refractivity contribution in [1.29, 1.82) is 0 Å². The number of carbonyl (C=O) groups is 1. The lowest BCUT2D eigenvalue weighted by atomic mass is 9.74. The fraction of sp³-hybridized carbons (Fsp3) is 0.632. The van der Waals surface area contributed by atoms with Gasteiger partial charge in [-0.25, -0.2) is 0 Å². The molecule has 2 fully saturated rings.